The minimum Gasteiger partial charge on any atom is -0.481 e. The van der Waals surface area contributed by atoms with Crippen molar-refractivity contribution in [1.29, 1.82) is 0 Å². The Morgan fingerprint density at radius 3 is 2.61 bits per heavy atom. The zero-order valence-corrected chi connectivity index (χ0v) is 21.1. The second-order valence-corrected chi connectivity index (χ2v) is 9.48. The molecule has 3 aromatic carbocycles. The van der Waals surface area contributed by atoms with Crippen LogP contribution in [0.15, 0.2) is 54.6 Å². The molecule has 5 rings (SSSR count). The molecular formula is C28H27N5O5. The summed E-state index contributed by atoms with van der Waals surface area (Å²) in [6.45, 7) is 5.04. The van der Waals surface area contributed by atoms with Crippen LogP contribution in [-0.4, -0.2) is 48.3 Å². The van der Waals surface area contributed by atoms with Crippen LogP contribution in [0.25, 0.3) is 11.0 Å². The third kappa shape index (κ3) is 4.49. The van der Waals surface area contributed by atoms with E-state index in [0.717, 1.165) is 16.6 Å². The van der Waals surface area contributed by atoms with Gasteiger partial charge in [-0.25, -0.2) is 4.68 Å². The zero-order chi connectivity index (χ0) is 27.0. The molecule has 0 radical (unpaired) electrons. The molecule has 0 saturated heterocycles. The number of nitrogens with zero attached hydrogens (tertiary/aromatic N) is 5. The van der Waals surface area contributed by atoms with E-state index in [1.54, 1.807) is 33.8 Å². The van der Waals surface area contributed by atoms with Crippen LogP contribution in [0.5, 0.6) is 0 Å². The summed E-state index contributed by atoms with van der Waals surface area (Å²) in [5.41, 5.74) is 5.31. The third-order valence-corrected chi connectivity index (χ3v) is 7.28. The van der Waals surface area contributed by atoms with Crippen molar-refractivity contribution in [3.63, 3.8) is 0 Å². The number of fused-ring (bicyclic) bond motifs is 2. The first kappa shape index (κ1) is 25.1. The molecule has 10 heteroatoms. The number of hydrogen-bond acceptors (Lipinski definition) is 6. The number of carboxylic acid groups (broad SMARTS) is 1. The van der Waals surface area contributed by atoms with Crippen LogP contribution in [0.1, 0.15) is 57.4 Å². The Morgan fingerprint density at radius 1 is 1.16 bits per heavy atom. The van der Waals surface area contributed by atoms with Gasteiger partial charge >= 0.3 is 5.97 Å². The van der Waals surface area contributed by atoms with Crippen molar-refractivity contribution in [2.24, 2.45) is 0 Å². The smallest absolute Gasteiger partial charge is 0.304 e. The fraction of sp³-hybridized carbons (Fsp3) is 0.286. The van der Waals surface area contributed by atoms with Crippen LogP contribution in [0.2, 0.25) is 0 Å². The number of carboxylic acids is 1. The normalized spacial score (nSPS) is 13.8. The molecule has 1 aliphatic heterocycles. The molecule has 0 bridgehead atoms. The highest BCUT2D eigenvalue weighted by Gasteiger charge is 2.31. The summed E-state index contributed by atoms with van der Waals surface area (Å²) in [5, 5.41) is 30.4. The first-order chi connectivity index (χ1) is 18.3. The van der Waals surface area contributed by atoms with Gasteiger partial charge in [0.1, 0.15) is 5.52 Å². The molecule has 2 heterocycles. The van der Waals surface area contributed by atoms with Gasteiger partial charge in [-0.2, -0.15) is 0 Å². The fourth-order valence-electron chi connectivity index (χ4n) is 5.38. The number of carbonyl (C=O) groups excluding carboxylic acids is 1. The lowest BCUT2D eigenvalue weighted by Gasteiger charge is -2.30. The number of hydrogen-bond donors (Lipinski definition) is 1. The monoisotopic (exact) mass is 513 g/mol. The summed E-state index contributed by atoms with van der Waals surface area (Å²) >= 11 is 0. The maximum atomic E-state index is 13.1. The van der Waals surface area contributed by atoms with E-state index in [0.29, 0.717) is 47.3 Å². The SMILES string of the molecule is CCn1nnc2c(C)c(C(CC(=O)O)c3cc4c(c([N+](=O)[O-])c3)CCN(C(=O)c3ccccc3)C4)ccc21. The third-order valence-electron chi connectivity index (χ3n) is 7.28. The highest BCUT2D eigenvalue weighted by atomic mass is 16.6. The molecule has 0 saturated carbocycles. The van der Waals surface area contributed by atoms with Crippen molar-refractivity contribution in [2.75, 3.05) is 6.54 Å². The van der Waals surface area contributed by atoms with Crippen LogP contribution < -0.4 is 0 Å². The van der Waals surface area contributed by atoms with E-state index < -0.39 is 16.8 Å². The molecule has 1 atom stereocenters. The van der Waals surface area contributed by atoms with Crippen molar-refractivity contribution >= 4 is 28.6 Å². The fourth-order valence-corrected chi connectivity index (χ4v) is 5.38. The second kappa shape index (κ2) is 10.0. The van der Waals surface area contributed by atoms with Crippen molar-refractivity contribution in [2.45, 2.75) is 45.7 Å². The van der Waals surface area contributed by atoms with E-state index >= 15 is 0 Å². The molecule has 1 aliphatic rings. The number of nitro benzene ring substituents is 1. The summed E-state index contributed by atoms with van der Waals surface area (Å²) in [6.07, 6.45) is 0.0933. The predicted octanol–water partition coefficient (Wildman–Crippen LogP) is 4.47. The molecule has 1 unspecified atom stereocenters. The van der Waals surface area contributed by atoms with E-state index in [1.807, 2.05) is 38.1 Å². The Morgan fingerprint density at radius 2 is 1.92 bits per heavy atom. The van der Waals surface area contributed by atoms with Crippen molar-refractivity contribution < 1.29 is 19.6 Å². The summed E-state index contributed by atoms with van der Waals surface area (Å²) in [5.74, 6) is -1.81. The highest BCUT2D eigenvalue weighted by Crippen LogP contribution is 2.38. The van der Waals surface area contributed by atoms with Crippen LogP contribution in [0, 0.1) is 17.0 Å². The number of aromatic nitrogens is 3. The van der Waals surface area contributed by atoms with E-state index in [1.165, 1.54) is 6.07 Å². The molecule has 10 nitrogen and oxygen atoms in total. The summed E-state index contributed by atoms with van der Waals surface area (Å²) in [6, 6.07) is 16.0. The molecule has 0 aliphatic carbocycles. The van der Waals surface area contributed by atoms with Crippen LogP contribution in [0.4, 0.5) is 5.69 Å². The zero-order valence-electron chi connectivity index (χ0n) is 21.1. The Labute approximate surface area is 218 Å². The molecule has 1 N–H and O–H groups in total. The molecular weight excluding hydrogens is 486 g/mol. The van der Waals surface area contributed by atoms with Crippen LogP contribution >= 0.6 is 0 Å². The van der Waals surface area contributed by atoms with E-state index in [2.05, 4.69) is 10.3 Å². The maximum Gasteiger partial charge on any atom is 0.304 e. The van der Waals surface area contributed by atoms with Crippen LogP contribution in [0.3, 0.4) is 0 Å². The lowest BCUT2D eigenvalue weighted by molar-refractivity contribution is -0.385. The Hall–Kier alpha value is -4.60. The van der Waals surface area contributed by atoms with Gasteiger partial charge in [-0.3, -0.25) is 19.7 Å². The van der Waals surface area contributed by atoms with Gasteiger partial charge in [0.05, 0.1) is 16.9 Å². The molecule has 4 aromatic rings. The van der Waals surface area contributed by atoms with E-state index in [9.17, 15) is 24.8 Å². The average molecular weight is 514 g/mol. The molecule has 1 aromatic heterocycles. The molecule has 1 amide bonds. The van der Waals surface area contributed by atoms with Gasteiger partial charge in [0.25, 0.3) is 11.6 Å². The second-order valence-electron chi connectivity index (χ2n) is 9.48. The summed E-state index contributed by atoms with van der Waals surface area (Å²) in [7, 11) is 0. The van der Waals surface area contributed by atoms with Gasteiger partial charge in [0, 0.05) is 42.7 Å². The molecule has 194 valence electrons. The van der Waals surface area contributed by atoms with Crippen molar-refractivity contribution in [1.82, 2.24) is 19.9 Å². The van der Waals surface area contributed by atoms with Gasteiger partial charge < -0.3 is 10.0 Å². The molecule has 0 spiro atoms. The van der Waals surface area contributed by atoms with Gasteiger partial charge in [0.15, 0.2) is 0 Å². The maximum absolute atomic E-state index is 13.1. The lowest BCUT2D eigenvalue weighted by atomic mass is 9.83. The van der Waals surface area contributed by atoms with Crippen LogP contribution in [-0.2, 0) is 24.3 Å². The van der Waals surface area contributed by atoms with Crippen molar-refractivity contribution in [3.8, 4) is 0 Å². The quantitative estimate of drug-likeness (QED) is 0.285. The Bertz CT molecular complexity index is 1560. The number of amides is 1. The van der Waals surface area contributed by atoms with Gasteiger partial charge in [0.2, 0.25) is 0 Å². The lowest BCUT2D eigenvalue weighted by Crippen LogP contribution is -2.36. The largest absolute Gasteiger partial charge is 0.481 e. The van der Waals surface area contributed by atoms with Gasteiger partial charge in [-0.05, 0) is 60.7 Å². The standard InChI is InChI=1S/C28H27N5O5/c1-3-32-24-10-9-21(17(2)27(24)29-30-32)23(15-26(34)35)19-13-20-16-31(28(36)18-7-5-4-6-8-18)12-11-22(20)25(14-19)33(37)38/h4-10,13-14,23H,3,11-12,15-16H2,1-2H3,(H,34,35). The number of rotatable bonds is 7. The number of nitro groups is 1. The number of benzene rings is 3. The Balaban J connectivity index is 1.60. The highest BCUT2D eigenvalue weighted by molar-refractivity contribution is 5.94. The average Bonchev–Trinajstić information content (AvgIpc) is 3.35. The topological polar surface area (TPSA) is 131 Å². The molecule has 0 fully saturated rings. The number of aryl methyl sites for hydroxylation is 2. The van der Waals surface area contributed by atoms with Crippen molar-refractivity contribution in [3.05, 3.63) is 98.1 Å². The number of aliphatic carboxylic acids is 1. The minimum atomic E-state index is -1.02. The van der Waals surface area contributed by atoms with Gasteiger partial charge in [-0.15, -0.1) is 5.10 Å². The summed E-state index contributed by atoms with van der Waals surface area (Å²) in [4.78, 5) is 38.4. The molecule has 38 heavy (non-hydrogen) atoms. The first-order valence-electron chi connectivity index (χ1n) is 12.5. The summed E-state index contributed by atoms with van der Waals surface area (Å²) < 4.78 is 1.76. The predicted molar refractivity (Wildman–Crippen MR) is 140 cm³/mol. The first-order valence-corrected chi connectivity index (χ1v) is 12.5. The minimum absolute atomic E-state index is 0.0460. The Kier molecular flexibility index (Phi) is 6.62. The van der Waals surface area contributed by atoms with Gasteiger partial charge in [-0.1, -0.05) is 35.5 Å². The number of carbonyl (C=O) groups is 2. The van der Waals surface area contributed by atoms with E-state index in [-0.39, 0.29) is 24.6 Å². The van der Waals surface area contributed by atoms with E-state index in [4.69, 9.17) is 0 Å².